The quantitative estimate of drug-likeness (QED) is 0.343. The predicted octanol–water partition coefficient (Wildman–Crippen LogP) is 5.70. The third-order valence-electron chi connectivity index (χ3n) is 8.12. The number of carbonyl (C=O) groups is 2. The fourth-order valence-corrected chi connectivity index (χ4v) is 7.05. The van der Waals surface area contributed by atoms with Crippen molar-refractivity contribution in [2.24, 2.45) is 4.99 Å². The summed E-state index contributed by atoms with van der Waals surface area (Å²) in [4.78, 5) is 32.8. The van der Waals surface area contributed by atoms with Crippen molar-refractivity contribution in [1.29, 1.82) is 0 Å². The zero-order valence-corrected chi connectivity index (χ0v) is 22.4. The molecular weight excluding hydrogens is 542 g/mol. The molecule has 3 aromatic carbocycles. The highest BCUT2D eigenvalue weighted by Gasteiger charge is 2.68. The lowest BCUT2D eigenvalue weighted by molar-refractivity contribution is -0.127. The number of nitrogens with one attached hydrogen (secondary N) is 1. The first-order valence-electron chi connectivity index (χ1n) is 12.7. The first-order valence-corrected chi connectivity index (χ1v) is 13.5. The highest BCUT2D eigenvalue weighted by molar-refractivity contribution is 6.31. The summed E-state index contributed by atoms with van der Waals surface area (Å²) in [6.07, 6.45) is 1.20. The Morgan fingerprint density at radius 1 is 1.23 bits per heavy atom. The number of carboxylic acids is 1. The SMILES string of the molecule is CCCN1C2CC(c3ccc(C(=O)O)cc3N)=N[C@H]2[C@H](c2cccc(Cl)c2F)[C@]12C(=O)Nc1cc(Cl)ccc12. The van der Waals surface area contributed by atoms with Crippen LogP contribution in [0, 0.1) is 5.82 Å². The number of benzene rings is 3. The van der Waals surface area contributed by atoms with Crippen LogP contribution in [0.5, 0.6) is 0 Å². The molecule has 6 rings (SSSR count). The van der Waals surface area contributed by atoms with E-state index in [4.69, 9.17) is 33.9 Å². The van der Waals surface area contributed by atoms with Gasteiger partial charge in [0.2, 0.25) is 5.91 Å². The molecule has 0 aromatic heterocycles. The molecule has 3 aromatic rings. The van der Waals surface area contributed by atoms with E-state index in [2.05, 4.69) is 10.2 Å². The summed E-state index contributed by atoms with van der Waals surface area (Å²) >= 11 is 12.5. The maximum atomic E-state index is 15.8. The second-order valence-electron chi connectivity index (χ2n) is 10.2. The van der Waals surface area contributed by atoms with Crippen molar-refractivity contribution in [3.63, 3.8) is 0 Å². The minimum Gasteiger partial charge on any atom is -0.478 e. The third-order valence-corrected chi connectivity index (χ3v) is 8.65. The van der Waals surface area contributed by atoms with E-state index in [0.29, 0.717) is 46.2 Å². The topological polar surface area (TPSA) is 108 Å². The van der Waals surface area contributed by atoms with Gasteiger partial charge in [0.25, 0.3) is 0 Å². The van der Waals surface area contributed by atoms with Crippen molar-refractivity contribution < 1.29 is 19.1 Å². The van der Waals surface area contributed by atoms with Crippen LogP contribution >= 0.6 is 23.2 Å². The van der Waals surface area contributed by atoms with Gasteiger partial charge in [-0.15, -0.1) is 0 Å². The van der Waals surface area contributed by atoms with Crippen molar-refractivity contribution in [3.05, 3.63) is 92.7 Å². The Morgan fingerprint density at radius 3 is 2.74 bits per heavy atom. The number of hydrogen-bond acceptors (Lipinski definition) is 5. The van der Waals surface area contributed by atoms with E-state index in [1.807, 2.05) is 13.0 Å². The van der Waals surface area contributed by atoms with Gasteiger partial charge in [-0.05, 0) is 48.9 Å². The first kappa shape index (κ1) is 25.8. The van der Waals surface area contributed by atoms with Gasteiger partial charge in [-0.1, -0.05) is 54.4 Å². The number of carboxylic acid groups (broad SMARTS) is 1. The van der Waals surface area contributed by atoms with Crippen LogP contribution in [0.2, 0.25) is 10.0 Å². The molecule has 0 saturated carbocycles. The summed E-state index contributed by atoms with van der Waals surface area (Å²) in [5.74, 6) is -2.61. The molecule has 10 heteroatoms. The van der Waals surface area contributed by atoms with E-state index in [1.165, 1.54) is 18.2 Å². The van der Waals surface area contributed by atoms with Gasteiger partial charge in [0.1, 0.15) is 11.4 Å². The largest absolute Gasteiger partial charge is 0.478 e. The molecule has 39 heavy (non-hydrogen) atoms. The number of nitrogen functional groups attached to an aromatic ring is 1. The summed E-state index contributed by atoms with van der Waals surface area (Å²) < 4.78 is 15.8. The van der Waals surface area contributed by atoms with Crippen LogP contribution in [0.3, 0.4) is 0 Å². The van der Waals surface area contributed by atoms with Crippen LogP contribution in [0.15, 0.2) is 59.6 Å². The minimum absolute atomic E-state index is 0.0291. The molecule has 1 amide bonds. The molecule has 1 unspecified atom stereocenters. The Kier molecular flexibility index (Phi) is 6.17. The second kappa shape index (κ2) is 9.33. The van der Waals surface area contributed by atoms with Gasteiger partial charge in [0.15, 0.2) is 0 Å². The fourth-order valence-electron chi connectivity index (χ4n) is 6.69. The van der Waals surface area contributed by atoms with Crippen molar-refractivity contribution in [2.75, 3.05) is 17.6 Å². The maximum Gasteiger partial charge on any atom is 0.335 e. The van der Waals surface area contributed by atoms with Gasteiger partial charge in [0, 0.05) is 51.6 Å². The molecule has 0 radical (unpaired) electrons. The normalized spacial score (nSPS) is 25.5. The molecule has 4 N–H and O–H groups in total. The molecule has 200 valence electrons. The number of anilines is 2. The fraction of sp³-hybridized carbons (Fsp3) is 0.276. The number of hydrogen-bond donors (Lipinski definition) is 3. The molecule has 7 nitrogen and oxygen atoms in total. The Morgan fingerprint density at radius 2 is 2.03 bits per heavy atom. The molecular formula is C29H25Cl2FN4O3. The Hall–Kier alpha value is -3.46. The summed E-state index contributed by atoms with van der Waals surface area (Å²) in [5, 5.41) is 12.8. The van der Waals surface area contributed by atoms with Crippen molar-refractivity contribution in [3.8, 4) is 0 Å². The molecule has 1 fully saturated rings. The molecule has 3 aliphatic heterocycles. The average molecular weight is 567 g/mol. The van der Waals surface area contributed by atoms with Gasteiger partial charge < -0.3 is 16.2 Å². The molecule has 4 atom stereocenters. The van der Waals surface area contributed by atoms with Gasteiger partial charge in [-0.3, -0.25) is 14.7 Å². The van der Waals surface area contributed by atoms with E-state index in [1.54, 1.807) is 30.3 Å². The van der Waals surface area contributed by atoms with Crippen LogP contribution in [0.4, 0.5) is 15.8 Å². The van der Waals surface area contributed by atoms with Crippen LogP contribution < -0.4 is 11.1 Å². The number of aromatic carboxylic acids is 1. The number of aliphatic imine (C=N–C) groups is 1. The van der Waals surface area contributed by atoms with E-state index in [9.17, 15) is 14.7 Å². The molecule has 3 aliphatic rings. The molecule has 0 aliphatic carbocycles. The molecule has 0 bridgehead atoms. The van der Waals surface area contributed by atoms with Crippen LogP contribution in [0.25, 0.3) is 0 Å². The van der Waals surface area contributed by atoms with Gasteiger partial charge in [0.05, 0.1) is 16.6 Å². The van der Waals surface area contributed by atoms with Gasteiger partial charge >= 0.3 is 5.97 Å². The van der Waals surface area contributed by atoms with Crippen LogP contribution in [0.1, 0.15) is 52.7 Å². The maximum absolute atomic E-state index is 15.8. The number of likely N-dealkylation sites (tertiary alicyclic amines) is 1. The Bertz CT molecular complexity index is 1580. The van der Waals surface area contributed by atoms with E-state index in [-0.39, 0.29) is 22.5 Å². The summed E-state index contributed by atoms with van der Waals surface area (Å²) in [6.45, 7) is 2.59. The number of halogens is 3. The number of nitrogens with two attached hydrogens (primary N) is 1. The lowest BCUT2D eigenvalue weighted by atomic mass is 9.73. The summed E-state index contributed by atoms with van der Waals surface area (Å²) in [7, 11) is 0. The smallest absolute Gasteiger partial charge is 0.335 e. The molecule has 1 spiro atoms. The van der Waals surface area contributed by atoms with E-state index < -0.39 is 29.3 Å². The highest BCUT2D eigenvalue weighted by Crippen LogP contribution is 2.60. The zero-order chi connectivity index (χ0) is 27.6. The first-order chi connectivity index (χ1) is 18.7. The second-order valence-corrected chi connectivity index (χ2v) is 11.0. The summed E-state index contributed by atoms with van der Waals surface area (Å²) in [6, 6.07) is 14.0. The van der Waals surface area contributed by atoms with Gasteiger partial charge in [-0.2, -0.15) is 0 Å². The number of fused-ring (bicyclic) bond motifs is 3. The molecule has 1 saturated heterocycles. The third kappa shape index (κ3) is 3.69. The highest BCUT2D eigenvalue weighted by atomic mass is 35.5. The van der Waals surface area contributed by atoms with Crippen molar-refractivity contribution in [2.45, 2.75) is 43.3 Å². The van der Waals surface area contributed by atoms with Crippen molar-refractivity contribution >= 4 is 52.2 Å². The zero-order valence-electron chi connectivity index (χ0n) is 20.9. The Balaban J connectivity index is 1.58. The number of rotatable bonds is 5. The van der Waals surface area contributed by atoms with Gasteiger partial charge in [-0.25, -0.2) is 9.18 Å². The minimum atomic E-state index is -1.23. The van der Waals surface area contributed by atoms with Crippen LogP contribution in [-0.2, 0) is 10.3 Å². The standard InChI is InChI=1S/C29H25Cl2FN4O3/c1-2-10-36-23-13-21(16-8-6-14(27(37)38)11-20(16)33)34-26(23)24(17-4-3-5-19(31)25(17)32)29(36)18-9-7-15(30)12-22(18)35-28(29)39/h3-9,11-12,23-24,26H,2,10,13,33H2,1H3,(H,35,39)(H,37,38)/t23?,24-,26+,29+/m0/s1. The van der Waals surface area contributed by atoms with Crippen LogP contribution in [-0.4, -0.2) is 46.2 Å². The average Bonchev–Trinajstić information content (AvgIpc) is 3.51. The predicted molar refractivity (Wildman–Crippen MR) is 149 cm³/mol. The Labute approximate surface area is 234 Å². The lowest BCUT2D eigenvalue weighted by Crippen LogP contribution is -2.52. The van der Waals surface area contributed by atoms with E-state index >= 15 is 4.39 Å². The monoisotopic (exact) mass is 566 g/mol. The van der Waals surface area contributed by atoms with E-state index in [0.717, 1.165) is 12.0 Å². The van der Waals surface area contributed by atoms with Crippen molar-refractivity contribution in [1.82, 2.24) is 4.90 Å². The molecule has 3 heterocycles. The lowest BCUT2D eigenvalue weighted by Gasteiger charge is -2.39. The number of nitrogens with zero attached hydrogens (tertiary/aromatic N) is 2. The number of carbonyl (C=O) groups excluding carboxylic acids is 1. The summed E-state index contributed by atoms with van der Waals surface area (Å²) in [5.41, 5.74) is 8.39. The number of amides is 1.